The molecule has 1 N–H and O–H groups in total. The van der Waals surface area contributed by atoms with Gasteiger partial charge in [0.05, 0.1) is 17.6 Å². The predicted molar refractivity (Wildman–Crippen MR) is 42.2 cm³/mol. The fourth-order valence-electron chi connectivity index (χ4n) is 1.27. The summed E-state index contributed by atoms with van der Waals surface area (Å²) in [7, 11) is 0. The van der Waals surface area contributed by atoms with E-state index in [4.69, 9.17) is 5.26 Å². The third kappa shape index (κ3) is 1.15. The second-order valence-corrected chi connectivity index (χ2v) is 2.69. The van der Waals surface area contributed by atoms with Crippen molar-refractivity contribution in [3.8, 4) is 6.07 Å². The predicted octanol–water partition coefficient (Wildman–Crippen LogP) is -0.00602. The molecule has 0 amide bonds. The summed E-state index contributed by atoms with van der Waals surface area (Å²) in [6.45, 7) is 1.70. The molecule has 0 radical (unpaired) electrons. The standard InChI is InChI=1S/C8H8N4/c9-3-6-4-11-8-5-10-2-1-7(8)12-6/h4,10H,1-2,5H2. The van der Waals surface area contributed by atoms with Gasteiger partial charge < -0.3 is 5.32 Å². The molecule has 0 atom stereocenters. The molecule has 0 saturated carbocycles. The van der Waals surface area contributed by atoms with Gasteiger partial charge in [0.25, 0.3) is 0 Å². The topological polar surface area (TPSA) is 61.6 Å². The van der Waals surface area contributed by atoms with Gasteiger partial charge >= 0.3 is 0 Å². The molecule has 4 heteroatoms. The van der Waals surface area contributed by atoms with Crippen molar-refractivity contribution in [1.82, 2.24) is 15.3 Å². The summed E-state index contributed by atoms with van der Waals surface area (Å²) < 4.78 is 0. The number of aromatic nitrogens is 2. The molecule has 0 spiro atoms. The van der Waals surface area contributed by atoms with Gasteiger partial charge in [0.1, 0.15) is 6.07 Å². The highest BCUT2D eigenvalue weighted by molar-refractivity contribution is 5.23. The first-order valence-electron chi connectivity index (χ1n) is 3.86. The normalized spacial score (nSPS) is 14.9. The van der Waals surface area contributed by atoms with Crippen LogP contribution in [0.25, 0.3) is 0 Å². The molecule has 2 rings (SSSR count). The Kier molecular flexibility index (Phi) is 1.72. The molecular formula is C8H8N4. The van der Waals surface area contributed by atoms with Crippen LogP contribution in [0.4, 0.5) is 0 Å². The largest absolute Gasteiger partial charge is 0.311 e. The third-order valence-corrected chi connectivity index (χ3v) is 1.88. The fraction of sp³-hybridized carbons (Fsp3) is 0.375. The van der Waals surface area contributed by atoms with Crippen molar-refractivity contribution >= 4 is 0 Å². The van der Waals surface area contributed by atoms with E-state index in [9.17, 15) is 0 Å². The van der Waals surface area contributed by atoms with Gasteiger partial charge in [-0.05, 0) is 0 Å². The molecule has 0 aliphatic carbocycles. The second kappa shape index (κ2) is 2.88. The van der Waals surface area contributed by atoms with Gasteiger partial charge in [-0.3, -0.25) is 4.98 Å². The van der Waals surface area contributed by atoms with E-state index in [2.05, 4.69) is 15.3 Å². The second-order valence-electron chi connectivity index (χ2n) is 2.69. The van der Waals surface area contributed by atoms with E-state index in [-0.39, 0.29) is 0 Å². The minimum absolute atomic E-state index is 0.413. The zero-order valence-corrected chi connectivity index (χ0v) is 6.54. The SMILES string of the molecule is N#Cc1cnc2c(n1)CCNC2. The highest BCUT2D eigenvalue weighted by Crippen LogP contribution is 2.07. The van der Waals surface area contributed by atoms with E-state index >= 15 is 0 Å². The Morgan fingerprint density at radius 3 is 3.25 bits per heavy atom. The highest BCUT2D eigenvalue weighted by Gasteiger charge is 2.11. The number of fused-ring (bicyclic) bond motifs is 1. The lowest BCUT2D eigenvalue weighted by Crippen LogP contribution is -2.25. The average Bonchev–Trinajstić information content (AvgIpc) is 2.17. The van der Waals surface area contributed by atoms with Crippen LogP contribution >= 0.6 is 0 Å². The minimum atomic E-state index is 0.413. The third-order valence-electron chi connectivity index (χ3n) is 1.88. The summed E-state index contributed by atoms with van der Waals surface area (Å²) in [6.07, 6.45) is 2.39. The molecule has 2 heterocycles. The minimum Gasteiger partial charge on any atom is -0.311 e. The molecule has 4 nitrogen and oxygen atoms in total. The van der Waals surface area contributed by atoms with Crippen LogP contribution < -0.4 is 5.32 Å². The molecule has 1 aromatic heterocycles. The maximum Gasteiger partial charge on any atom is 0.159 e. The van der Waals surface area contributed by atoms with Crippen LogP contribution in [0.15, 0.2) is 6.20 Å². The Labute approximate surface area is 70.3 Å². The van der Waals surface area contributed by atoms with E-state index in [1.807, 2.05) is 6.07 Å². The molecule has 0 saturated heterocycles. The Morgan fingerprint density at radius 1 is 1.50 bits per heavy atom. The Morgan fingerprint density at radius 2 is 2.42 bits per heavy atom. The van der Waals surface area contributed by atoms with Gasteiger partial charge in [-0.1, -0.05) is 0 Å². The Balaban J connectivity index is 2.44. The van der Waals surface area contributed by atoms with Crippen molar-refractivity contribution in [2.24, 2.45) is 0 Å². The molecule has 60 valence electrons. The van der Waals surface area contributed by atoms with Crippen molar-refractivity contribution in [2.75, 3.05) is 6.54 Å². The van der Waals surface area contributed by atoms with E-state index in [0.29, 0.717) is 5.69 Å². The lowest BCUT2D eigenvalue weighted by atomic mass is 10.1. The summed E-state index contributed by atoms with van der Waals surface area (Å²) in [5, 5.41) is 11.8. The molecule has 1 aromatic rings. The van der Waals surface area contributed by atoms with Crippen LogP contribution in [0, 0.1) is 11.3 Å². The van der Waals surface area contributed by atoms with Gasteiger partial charge in [0.2, 0.25) is 0 Å². The van der Waals surface area contributed by atoms with Gasteiger partial charge in [0, 0.05) is 19.5 Å². The molecule has 0 bridgehead atoms. The average molecular weight is 160 g/mol. The summed E-state index contributed by atoms with van der Waals surface area (Å²) in [4.78, 5) is 8.31. The smallest absolute Gasteiger partial charge is 0.159 e. The van der Waals surface area contributed by atoms with Crippen molar-refractivity contribution in [3.05, 3.63) is 23.3 Å². The van der Waals surface area contributed by atoms with Crippen LogP contribution in [-0.4, -0.2) is 16.5 Å². The van der Waals surface area contributed by atoms with E-state index in [1.165, 1.54) is 6.20 Å². The number of nitriles is 1. The van der Waals surface area contributed by atoms with Gasteiger partial charge in [-0.2, -0.15) is 5.26 Å². The Hall–Kier alpha value is -1.47. The zero-order valence-electron chi connectivity index (χ0n) is 6.54. The molecular weight excluding hydrogens is 152 g/mol. The van der Waals surface area contributed by atoms with Gasteiger partial charge in [-0.15, -0.1) is 0 Å². The number of nitrogens with one attached hydrogen (secondary N) is 1. The van der Waals surface area contributed by atoms with E-state index in [0.717, 1.165) is 30.9 Å². The Bertz CT molecular complexity index is 339. The molecule has 1 aliphatic rings. The van der Waals surface area contributed by atoms with Gasteiger partial charge in [-0.25, -0.2) is 4.98 Å². The van der Waals surface area contributed by atoms with Crippen molar-refractivity contribution in [1.29, 1.82) is 5.26 Å². The summed E-state index contributed by atoms with van der Waals surface area (Å²) >= 11 is 0. The maximum atomic E-state index is 8.57. The quantitative estimate of drug-likeness (QED) is 0.580. The number of hydrogen-bond donors (Lipinski definition) is 1. The maximum absolute atomic E-state index is 8.57. The lowest BCUT2D eigenvalue weighted by molar-refractivity contribution is 0.612. The summed E-state index contributed by atoms with van der Waals surface area (Å²) in [6, 6.07) is 1.98. The summed E-state index contributed by atoms with van der Waals surface area (Å²) in [5.74, 6) is 0. The van der Waals surface area contributed by atoms with Crippen molar-refractivity contribution in [3.63, 3.8) is 0 Å². The summed E-state index contributed by atoms with van der Waals surface area (Å²) in [5.41, 5.74) is 2.35. The van der Waals surface area contributed by atoms with Crippen molar-refractivity contribution in [2.45, 2.75) is 13.0 Å². The van der Waals surface area contributed by atoms with Crippen LogP contribution in [-0.2, 0) is 13.0 Å². The fourth-order valence-corrected chi connectivity index (χ4v) is 1.27. The van der Waals surface area contributed by atoms with E-state index < -0.39 is 0 Å². The highest BCUT2D eigenvalue weighted by atomic mass is 14.9. The zero-order chi connectivity index (χ0) is 8.39. The molecule has 1 aliphatic heterocycles. The molecule has 12 heavy (non-hydrogen) atoms. The van der Waals surface area contributed by atoms with Crippen LogP contribution in [0.1, 0.15) is 17.1 Å². The number of hydrogen-bond acceptors (Lipinski definition) is 4. The van der Waals surface area contributed by atoms with E-state index in [1.54, 1.807) is 0 Å². The van der Waals surface area contributed by atoms with Crippen LogP contribution in [0.5, 0.6) is 0 Å². The van der Waals surface area contributed by atoms with Crippen LogP contribution in [0.3, 0.4) is 0 Å². The number of rotatable bonds is 0. The first kappa shape index (κ1) is 7.19. The molecule has 0 unspecified atom stereocenters. The molecule has 0 aromatic carbocycles. The first-order valence-corrected chi connectivity index (χ1v) is 3.86. The van der Waals surface area contributed by atoms with Crippen LogP contribution in [0.2, 0.25) is 0 Å². The number of nitrogens with zero attached hydrogens (tertiary/aromatic N) is 3. The lowest BCUT2D eigenvalue weighted by Gasteiger charge is -2.13. The first-order chi connectivity index (χ1) is 5.90. The molecule has 0 fully saturated rings. The van der Waals surface area contributed by atoms with Crippen molar-refractivity contribution < 1.29 is 0 Å². The van der Waals surface area contributed by atoms with Gasteiger partial charge in [0.15, 0.2) is 5.69 Å². The monoisotopic (exact) mass is 160 g/mol.